The van der Waals surface area contributed by atoms with Crippen molar-refractivity contribution in [3.05, 3.63) is 41.2 Å². The van der Waals surface area contributed by atoms with Crippen molar-refractivity contribution in [2.45, 2.75) is 33.3 Å². The fraction of sp³-hybridized carbons (Fsp3) is 0.429. The van der Waals surface area contributed by atoms with Crippen molar-refractivity contribution in [2.75, 3.05) is 0 Å². The van der Waals surface area contributed by atoms with Gasteiger partial charge in [0.15, 0.2) is 11.6 Å². The minimum absolute atomic E-state index is 0.0413. The second-order valence-electron chi connectivity index (χ2n) is 5.40. The largest absolute Gasteiger partial charge is 0.352 e. The average molecular weight is 304 g/mol. The molecule has 1 unspecified atom stereocenters. The van der Waals surface area contributed by atoms with Crippen LogP contribution in [0.3, 0.4) is 0 Å². The second-order valence-corrected chi connectivity index (χ2v) is 7.01. The van der Waals surface area contributed by atoms with Crippen LogP contribution in [-0.4, -0.2) is 10.5 Å². The van der Waals surface area contributed by atoms with E-state index >= 15 is 0 Å². The van der Waals surface area contributed by atoms with Crippen LogP contribution < -0.4 is 0 Å². The molecule has 112 valence electrons. The average Bonchev–Trinajstić information content (AvgIpc) is 2.29. The van der Waals surface area contributed by atoms with E-state index in [4.69, 9.17) is 4.52 Å². The Hall–Kier alpha value is -1.03. The molecule has 1 aromatic carbocycles. The Kier molecular flexibility index (Phi) is 5.25. The zero-order valence-corrected chi connectivity index (χ0v) is 12.8. The van der Waals surface area contributed by atoms with Gasteiger partial charge in [0.25, 0.3) is 0 Å². The van der Waals surface area contributed by atoms with Crippen molar-refractivity contribution in [3.8, 4) is 0 Å². The number of benzene rings is 1. The van der Waals surface area contributed by atoms with Crippen LogP contribution in [0.25, 0.3) is 6.08 Å². The van der Waals surface area contributed by atoms with Gasteiger partial charge in [0.05, 0.1) is 5.60 Å². The first kappa shape index (κ1) is 17.0. The predicted molar refractivity (Wildman–Crippen MR) is 75.2 cm³/mol. The summed E-state index contributed by atoms with van der Waals surface area (Å²) in [5, 5.41) is 0. The van der Waals surface area contributed by atoms with Gasteiger partial charge in [0, 0.05) is 5.82 Å². The van der Waals surface area contributed by atoms with E-state index in [2.05, 4.69) is 0 Å². The van der Waals surface area contributed by atoms with Gasteiger partial charge in [0.2, 0.25) is 0 Å². The van der Waals surface area contributed by atoms with Crippen molar-refractivity contribution >= 4 is 13.7 Å². The summed E-state index contributed by atoms with van der Waals surface area (Å²) < 4.78 is 42.9. The molecule has 1 atom stereocenters. The molecule has 0 aromatic heterocycles. The first-order valence-electron chi connectivity index (χ1n) is 6.21. The highest BCUT2D eigenvalue weighted by molar-refractivity contribution is 7.56. The van der Waals surface area contributed by atoms with Gasteiger partial charge in [-0.25, -0.2) is 8.78 Å². The molecule has 0 radical (unpaired) electrons. The van der Waals surface area contributed by atoms with Crippen LogP contribution in [0.15, 0.2) is 24.0 Å². The first-order valence-corrected chi connectivity index (χ1v) is 7.86. The summed E-state index contributed by atoms with van der Waals surface area (Å²) in [6.45, 7) is 7.18. The number of halogens is 2. The summed E-state index contributed by atoms with van der Waals surface area (Å²) in [7, 11) is -3.96. The third-order valence-electron chi connectivity index (χ3n) is 3.16. The second kappa shape index (κ2) is 6.17. The summed E-state index contributed by atoms with van der Waals surface area (Å²) in [4.78, 5) is 9.76. The van der Waals surface area contributed by atoms with Crippen molar-refractivity contribution in [1.29, 1.82) is 0 Å². The highest BCUT2D eigenvalue weighted by atomic mass is 31.2. The Morgan fingerprint density at radius 2 is 1.90 bits per heavy atom. The van der Waals surface area contributed by atoms with Crippen LogP contribution in [0.4, 0.5) is 8.78 Å². The molecule has 0 aliphatic rings. The van der Waals surface area contributed by atoms with Crippen LogP contribution in [0, 0.1) is 17.6 Å². The Labute approximate surface area is 117 Å². The van der Waals surface area contributed by atoms with E-state index in [1.807, 2.05) is 13.8 Å². The van der Waals surface area contributed by atoms with Crippen molar-refractivity contribution in [2.24, 2.45) is 5.92 Å². The third-order valence-corrected chi connectivity index (χ3v) is 4.41. The standard InChI is InChI=1S/C14H19F2O3P/c1-10(2)14(3,4)19-20(17,18)8-7-11-5-6-12(15)13(16)9-11/h5-10H,1-4H3,(H,17,18). The molecule has 0 bridgehead atoms. The van der Waals surface area contributed by atoms with Gasteiger partial charge in [-0.15, -0.1) is 0 Å². The molecule has 3 nitrogen and oxygen atoms in total. The molecule has 0 spiro atoms. The van der Waals surface area contributed by atoms with Crippen LogP contribution in [0.2, 0.25) is 0 Å². The Balaban J connectivity index is 2.87. The van der Waals surface area contributed by atoms with E-state index in [0.717, 1.165) is 17.9 Å². The molecule has 0 fully saturated rings. The Morgan fingerprint density at radius 3 is 2.40 bits per heavy atom. The Morgan fingerprint density at radius 1 is 1.30 bits per heavy atom. The molecule has 0 saturated carbocycles. The van der Waals surface area contributed by atoms with E-state index in [-0.39, 0.29) is 11.5 Å². The molecule has 20 heavy (non-hydrogen) atoms. The molecular weight excluding hydrogens is 285 g/mol. The van der Waals surface area contributed by atoms with Gasteiger partial charge < -0.3 is 4.89 Å². The summed E-state index contributed by atoms with van der Waals surface area (Å²) in [6, 6.07) is 3.21. The molecule has 1 N–H and O–H groups in total. The summed E-state index contributed by atoms with van der Waals surface area (Å²) in [5.74, 6) is -0.960. The summed E-state index contributed by atoms with van der Waals surface area (Å²) in [6.07, 6.45) is 1.24. The molecule has 1 rings (SSSR count). The minimum atomic E-state index is -3.96. The number of rotatable bonds is 5. The maximum Gasteiger partial charge on any atom is 0.352 e. The van der Waals surface area contributed by atoms with Gasteiger partial charge in [-0.05, 0) is 43.5 Å². The van der Waals surface area contributed by atoms with E-state index in [9.17, 15) is 18.2 Å². The third kappa shape index (κ3) is 4.82. The molecule has 0 aliphatic heterocycles. The number of hydrogen-bond acceptors (Lipinski definition) is 2. The molecule has 0 amide bonds. The minimum Gasteiger partial charge on any atom is -0.321 e. The smallest absolute Gasteiger partial charge is 0.321 e. The molecular formula is C14H19F2O3P. The van der Waals surface area contributed by atoms with E-state index in [0.29, 0.717) is 0 Å². The monoisotopic (exact) mass is 304 g/mol. The lowest BCUT2D eigenvalue weighted by Crippen LogP contribution is -2.29. The quantitative estimate of drug-likeness (QED) is 0.810. The topological polar surface area (TPSA) is 46.5 Å². The highest BCUT2D eigenvalue weighted by Crippen LogP contribution is 2.49. The Bertz CT molecular complexity index is 553. The van der Waals surface area contributed by atoms with Gasteiger partial charge in [0.1, 0.15) is 0 Å². The van der Waals surface area contributed by atoms with E-state index in [1.165, 1.54) is 12.1 Å². The lowest BCUT2D eigenvalue weighted by Gasteiger charge is -2.30. The zero-order valence-electron chi connectivity index (χ0n) is 11.9. The predicted octanol–water partition coefficient (Wildman–Crippen LogP) is 4.57. The van der Waals surface area contributed by atoms with Gasteiger partial charge in [-0.3, -0.25) is 9.09 Å². The summed E-state index contributed by atoms with van der Waals surface area (Å²) >= 11 is 0. The van der Waals surface area contributed by atoms with Gasteiger partial charge >= 0.3 is 7.60 Å². The normalized spacial score (nSPS) is 15.8. The van der Waals surface area contributed by atoms with Crippen LogP contribution in [0.1, 0.15) is 33.3 Å². The highest BCUT2D eigenvalue weighted by Gasteiger charge is 2.31. The van der Waals surface area contributed by atoms with Gasteiger partial charge in [-0.1, -0.05) is 19.9 Å². The lowest BCUT2D eigenvalue weighted by atomic mass is 9.95. The molecule has 1 aromatic rings. The maximum atomic E-state index is 13.0. The van der Waals surface area contributed by atoms with E-state index < -0.39 is 24.8 Å². The SMILES string of the molecule is CC(C)C(C)(C)OP(=O)(O)C=Cc1ccc(F)c(F)c1. The molecule has 0 aliphatic carbocycles. The van der Waals surface area contributed by atoms with Crippen molar-refractivity contribution < 1.29 is 22.8 Å². The van der Waals surface area contributed by atoms with E-state index in [1.54, 1.807) is 13.8 Å². The molecule has 6 heteroatoms. The lowest BCUT2D eigenvalue weighted by molar-refractivity contribution is 0.0508. The maximum absolute atomic E-state index is 13.0. The fourth-order valence-corrected chi connectivity index (χ4v) is 2.58. The first-order chi connectivity index (χ1) is 9.03. The number of hydrogen-bond donors (Lipinski definition) is 1. The van der Waals surface area contributed by atoms with Crippen molar-refractivity contribution in [3.63, 3.8) is 0 Å². The fourth-order valence-electron chi connectivity index (χ4n) is 1.27. The molecule has 0 saturated heterocycles. The molecule has 0 heterocycles. The summed E-state index contributed by atoms with van der Waals surface area (Å²) in [5.41, 5.74) is -0.494. The van der Waals surface area contributed by atoms with Crippen LogP contribution in [0.5, 0.6) is 0 Å². The van der Waals surface area contributed by atoms with Crippen LogP contribution in [-0.2, 0) is 9.09 Å². The van der Waals surface area contributed by atoms with Gasteiger partial charge in [-0.2, -0.15) is 0 Å². The van der Waals surface area contributed by atoms with Crippen LogP contribution >= 0.6 is 7.60 Å². The zero-order chi connectivity index (χ0) is 15.6. The van der Waals surface area contributed by atoms with Crippen molar-refractivity contribution in [1.82, 2.24) is 0 Å².